The molecule has 0 spiro atoms. The highest BCUT2D eigenvalue weighted by molar-refractivity contribution is 5.72. The first-order chi connectivity index (χ1) is 35.2. The molecule has 3 saturated carbocycles. The number of halogens is 3. The van der Waals surface area contributed by atoms with E-state index in [-0.39, 0.29) is 28.1 Å². The fraction of sp³-hybridized carbons (Fsp3) is 0.943. The maximum atomic E-state index is 11.9. The normalized spacial score (nSPS) is 18.5. The first kappa shape index (κ1) is 88.9. The summed E-state index contributed by atoms with van der Waals surface area (Å²) in [5, 5.41) is 37.1. The lowest BCUT2D eigenvalue weighted by Gasteiger charge is -2.40. The van der Waals surface area contributed by atoms with Crippen LogP contribution in [0.25, 0.3) is 0 Å². The molecule has 0 radical (unpaired) electrons. The number of nitrogens with zero attached hydrogens (tertiary/aromatic N) is 3. The Morgan fingerprint density at radius 2 is 0.950 bits per heavy atom. The second-order valence-electron chi connectivity index (χ2n) is 34.1. The van der Waals surface area contributed by atoms with E-state index in [0.717, 1.165) is 50.2 Å². The van der Waals surface area contributed by atoms with Gasteiger partial charge in [0.15, 0.2) is 0 Å². The number of alkyl halides is 3. The van der Waals surface area contributed by atoms with Crippen molar-refractivity contribution in [3.63, 3.8) is 0 Å². The molecule has 3 aliphatic carbocycles. The Kier molecular flexibility index (Phi) is 42.8. The minimum atomic E-state index is -4.06. The Labute approximate surface area is 498 Å². The average molecular weight is 1140 g/mol. The highest BCUT2D eigenvalue weighted by atomic mass is 19.4. The first-order valence-electron chi connectivity index (χ1n) is 30.7. The zero-order valence-electron chi connectivity index (χ0n) is 59.8. The number of rotatable bonds is 7. The number of hydrogen-bond acceptors (Lipinski definition) is 6. The molecule has 80 heavy (non-hydrogen) atoms. The minimum absolute atomic E-state index is 0.0595. The highest BCUT2D eigenvalue weighted by Crippen LogP contribution is 2.46. The van der Waals surface area contributed by atoms with Crippen LogP contribution in [-0.2, 0) is 9.53 Å². The van der Waals surface area contributed by atoms with E-state index in [2.05, 4.69) is 224 Å². The molecular weight excluding hydrogens is 1000 g/mol. The Bertz CT molecular complexity index is 1660. The number of nitriles is 3. The van der Waals surface area contributed by atoms with Gasteiger partial charge in [0.05, 0.1) is 30.0 Å². The van der Waals surface area contributed by atoms with Crippen molar-refractivity contribution in [2.24, 2.45) is 108 Å². The lowest BCUT2D eigenvalue weighted by atomic mass is 9.63. The zero-order valence-corrected chi connectivity index (χ0v) is 59.8. The van der Waals surface area contributed by atoms with Gasteiger partial charge in [0.25, 0.3) is 0 Å². The van der Waals surface area contributed by atoms with Crippen LogP contribution in [0.3, 0.4) is 0 Å². The first-order valence-corrected chi connectivity index (χ1v) is 30.7. The van der Waals surface area contributed by atoms with E-state index in [0.29, 0.717) is 69.7 Å². The van der Waals surface area contributed by atoms with Crippen molar-refractivity contribution in [3.05, 3.63) is 0 Å². The monoisotopic (exact) mass is 1140 g/mol. The Morgan fingerprint density at radius 1 is 0.575 bits per heavy atom. The second kappa shape index (κ2) is 38.6. The predicted molar refractivity (Wildman–Crippen MR) is 342 cm³/mol. The van der Waals surface area contributed by atoms with Crippen molar-refractivity contribution in [2.45, 2.75) is 293 Å². The van der Waals surface area contributed by atoms with Crippen molar-refractivity contribution in [1.82, 2.24) is 5.32 Å². The van der Waals surface area contributed by atoms with Crippen LogP contribution < -0.4 is 5.32 Å². The molecule has 5 unspecified atom stereocenters. The Balaban J connectivity index is -0.000000193. The van der Waals surface area contributed by atoms with Crippen LogP contribution >= 0.6 is 0 Å². The summed E-state index contributed by atoms with van der Waals surface area (Å²) in [5.41, 5.74) is 2.30. The summed E-state index contributed by atoms with van der Waals surface area (Å²) < 4.78 is 40.9. The van der Waals surface area contributed by atoms with Crippen LogP contribution in [0, 0.1) is 142 Å². The van der Waals surface area contributed by atoms with Gasteiger partial charge in [-0.25, -0.2) is 0 Å². The molecule has 0 aliphatic heterocycles. The smallest absolute Gasteiger partial charge is 0.392 e. The van der Waals surface area contributed by atoms with E-state index >= 15 is 0 Å². The van der Waals surface area contributed by atoms with Crippen LogP contribution in [0.4, 0.5) is 13.2 Å². The summed E-state index contributed by atoms with van der Waals surface area (Å²) in [7, 11) is 1.75. The lowest BCUT2D eigenvalue weighted by molar-refractivity contribution is -0.194. The summed E-state index contributed by atoms with van der Waals surface area (Å²) >= 11 is 0. The minimum Gasteiger partial charge on any atom is -0.396 e. The standard InChI is InChI=1S/2C9H15N.C8H17NO.C8H15N.C8H18O.C7H13F3.C7H16O.C7H14.C7H16/c1-9(2,3)8-4-7(5-8)6-10;1-9(2,3)8(6-10)7-4-5-7;1-7(10)9-6-5-8(2,3)4;1-7(5-6-9)8(2,3)4;1-7(6-9-5)8(2,3)4;1-5(6(2,3)4)7(8,9)10;1-6(5-8)7(2,3)4;1-7(2,3)6-4-5-6;1-6(2)7(3,4)5/h2*7-8H,4-5H2,1-3H3;5-6H2,1-4H3,(H,9,10);7H,5H2,1-4H3;7H,6H2,1-5H3;5H,1-4H3;6,8H,5H2,1-4H3;6H,4-5H2,1-3H3;6H,1-5H3. The summed E-state index contributed by atoms with van der Waals surface area (Å²) in [6, 6.07) is 6.88. The highest BCUT2D eigenvalue weighted by Gasteiger charge is 2.43. The molecule has 0 saturated heterocycles. The van der Waals surface area contributed by atoms with Gasteiger partial charge in [0.2, 0.25) is 5.91 Å². The average Bonchev–Trinajstić information content (AvgIpc) is 4.14. The maximum Gasteiger partial charge on any atom is 0.392 e. The summed E-state index contributed by atoms with van der Waals surface area (Å²) in [6.45, 7) is 73.4. The van der Waals surface area contributed by atoms with Crippen molar-refractivity contribution in [2.75, 3.05) is 26.9 Å². The van der Waals surface area contributed by atoms with Gasteiger partial charge in [-0.15, -0.1) is 0 Å². The molecule has 1 amide bonds. The van der Waals surface area contributed by atoms with Gasteiger partial charge < -0.3 is 15.2 Å². The van der Waals surface area contributed by atoms with E-state index in [9.17, 15) is 18.0 Å². The molecule has 478 valence electrons. The quantitative estimate of drug-likeness (QED) is 0.261. The van der Waals surface area contributed by atoms with Gasteiger partial charge in [-0.05, 0) is 135 Å². The third-order valence-corrected chi connectivity index (χ3v) is 16.8. The molecule has 3 rings (SSSR count). The molecule has 0 heterocycles. The van der Waals surface area contributed by atoms with Gasteiger partial charge in [-0.1, -0.05) is 228 Å². The molecule has 0 bridgehead atoms. The maximum absolute atomic E-state index is 11.9. The molecular formula is C70H139F3N4O3. The predicted octanol–water partition coefficient (Wildman–Crippen LogP) is 21.6. The van der Waals surface area contributed by atoms with Gasteiger partial charge in [0.1, 0.15) is 0 Å². The van der Waals surface area contributed by atoms with Gasteiger partial charge in [-0.3, -0.25) is 4.79 Å². The summed E-state index contributed by atoms with van der Waals surface area (Å²) in [4.78, 5) is 10.4. The summed E-state index contributed by atoms with van der Waals surface area (Å²) in [5.74, 6) is 4.37. The largest absolute Gasteiger partial charge is 0.396 e. The van der Waals surface area contributed by atoms with Crippen LogP contribution in [-0.4, -0.2) is 44.1 Å². The number of carbonyl (C=O) groups is 1. The molecule has 5 atom stereocenters. The number of aliphatic hydroxyl groups is 1. The molecule has 0 aromatic heterocycles. The van der Waals surface area contributed by atoms with E-state index in [1.54, 1.807) is 34.8 Å². The van der Waals surface area contributed by atoms with Crippen molar-refractivity contribution >= 4 is 5.91 Å². The molecule has 3 fully saturated rings. The molecule has 3 aliphatic rings. The SMILES string of the molecule is CC(=O)NCCC(C)(C)C.CC(C(C)(C)C)C(F)(F)F.CC(C)(C)C(C#N)C1CC1.CC(C)(C)C1CC(C#N)C1.CC(C)(C)C1CC1.CC(C)C(C)(C)C.CC(CC#N)C(C)(C)C.CC(CO)C(C)(C)C.COCC(C)C(C)(C)C. The van der Waals surface area contributed by atoms with Gasteiger partial charge in [0, 0.05) is 46.1 Å². The molecule has 7 nitrogen and oxygen atoms in total. The Hall–Kier alpha value is -2.35. The molecule has 2 N–H and O–H groups in total. The number of nitrogens with one attached hydrogen (secondary N) is 1. The van der Waals surface area contributed by atoms with Crippen LogP contribution in [0.5, 0.6) is 0 Å². The number of aliphatic hydroxyl groups excluding tert-OH is 1. The Morgan fingerprint density at radius 3 is 1.06 bits per heavy atom. The number of carbonyl (C=O) groups excluding carboxylic acids is 1. The van der Waals surface area contributed by atoms with E-state index in [1.165, 1.54) is 32.6 Å². The fourth-order valence-corrected chi connectivity index (χ4v) is 6.14. The van der Waals surface area contributed by atoms with Crippen LogP contribution in [0.2, 0.25) is 0 Å². The second-order valence-corrected chi connectivity index (χ2v) is 34.1. The molecule has 0 aromatic carbocycles. The van der Waals surface area contributed by atoms with E-state index in [4.69, 9.17) is 25.6 Å². The van der Waals surface area contributed by atoms with Crippen molar-refractivity contribution < 1.29 is 27.8 Å². The lowest BCUT2D eigenvalue weighted by Crippen LogP contribution is -2.33. The third kappa shape index (κ3) is 53.6. The number of hydrogen-bond donors (Lipinski definition) is 2. The van der Waals surface area contributed by atoms with E-state index in [1.807, 2.05) is 0 Å². The number of amides is 1. The van der Waals surface area contributed by atoms with Crippen molar-refractivity contribution in [1.29, 1.82) is 15.8 Å². The van der Waals surface area contributed by atoms with Gasteiger partial charge in [-0.2, -0.15) is 29.0 Å². The molecule has 10 heteroatoms. The fourth-order valence-electron chi connectivity index (χ4n) is 6.14. The number of ether oxygens (including phenoxy) is 1. The van der Waals surface area contributed by atoms with Crippen molar-refractivity contribution in [3.8, 4) is 18.2 Å². The topological polar surface area (TPSA) is 130 Å². The van der Waals surface area contributed by atoms with E-state index < -0.39 is 17.5 Å². The third-order valence-electron chi connectivity index (χ3n) is 16.8. The van der Waals surface area contributed by atoms with Gasteiger partial charge >= 0.3 is 6.18 Å². The molecule has 0 aromatic rings. The van der Waals surface area contributed by atoms with Crippen LogP contribution in [0.15, 0.2) is 0 Å². The number of methoxy groups -OCH3 is 1. The summed E-state index contributed by atoms with van der Waals surface area (Å²) in [6.07, 6.45) is 5.40. The zero-order chi connectivity index (χ0) is 65.7. The van der Waals surface area contributed by atoms with Crippen LogP contribution in [0.1, 0.15) is 287 Å².